The van der Waals surface area contributed by atoms with Crippen LogP contribution in [0.5, 0.6) is 0 Å². The van der Waals surface area contributed by atoms with Crippen LogP contribution in [0.2, 0.25) is 0 Å². The van der Waals surface area contributed by atoms with Crippen molar-refractivity contribution in [3.8, 4) is 0 Å². The molecule has 0 fully saturated rings. The first kappa shape index (κ1) is 18.3. The molecule has 1 amide bonds. The quantitative estimate of drug-likeness (QED) is 0.689. The molecule has 0 spiro atoms. The van der Waals surface area contributed by atoms with Gasteiger partial charge in [0.25, 0.3) is 5.91 Å². The number of carbonyl (C=O) groups excluding carboxylic acids is 1. The summed E-state index contributed by atoms with van der Waals surface area (Å²) in [4.78, 5) is 23.0. The molecule has 2 aromatic rings. The number of aliphatic carboxylic acids is 1. The van der Waals surface area contributed by atoms with Crippen LogP contribution >= 0.6 is 0 Å². The first-order valence-electron chi connectivity index (χ1n) is 9.67. The lowest BCUT2D eigenvalue weighted by Crippen LogP contribution is -2.30. The zero-order valence-corrected chi connectivity index (χ0v) is 15.8. The van der Waals surface area contributed by atoms with E-state index in [0.717, 1.165) is 17.7 Å². The number of carbonyl (C=O) groups is 2. The van der Waals surface area contributed by atoms with Crippen LogP contribution < -0.4 is 10.6 Å². The molecule has 0 aromatic heterocycles. The molecule has 2 aromatic carbocycles. The Kier molecular flexibility index (Phi) is 4.90. The minimum atomic E-state index is -0.920. The van der Waals surface area contributed by atoms with Crippen molar-refractivity contribution in [2.75, 3.05) is 11.9 Å². The van der Waals surface area contributed by atoms with Gasteiger partial charge in [0.05, 0.1) is 12.5 Å². The molecule has 4 rings (SSSR count). The molecule has 1 heterocycles. The van der Waals surface area contributed by atoms with Gasteiger partial charge in [-0.1, -0.05) is 36.4 Å². The molecule has 0 saturated carbocycles. The summed E-state index contributed by atoms with van der Waals surface area (Å²) in [7, 11) is 0. The lowest BCUT2D eigenvalue weighted by atomic mass is 9.76. The summed E-state index contributed by atoms with van der Waals surface area (Å²) in [5.41, 5.74) is 5.36. The Morgan fingerprint density at radius 1 is 1.18 bits per heavy atom. The molecule has 2 aliphatic rings. The number of aryl methyl sites for hydroxylation is 1. The number of nitrogens with one attached hydrogen (secondary N) is 2. The van der Waals surface area contributed by atoms with Gasteiger partial charge in [0.15, 0.2) is 0 Å². The van der Waals surface area contributed by atoms with Gasteiger partial charge in [-0.25, -0.2) is 0 Å². The Morgan fingerprint density at radius 3 is 2.79 bits per heavy atom. The topological polar surface area (TPSA) is 78.4 Å². The van der Waals surface area contributed by atoms with Crippen molar-refractivity contribution in [1.29, 1.82) is 0 Å². The number of rotatable bonds is 5. The van der Waals surface area contributed by atoms with Crippen LogP contribution in [0.25, 0.3) is 0 Å². The van der Waals surface area contributed by atoms with Gasteiger partial charge in [0, 0.05) is 23.7 Å². The van der Waals surface area contributed by atoms with E-state index in [1.54, 1.807) is 6.07 Å². The Balaban J connectivity index is 1.61. The summed E-state index contributed by atoms with van der Waals surface area (Å²) in [6.45, 7) is 2.28. The second-order valence-corrected chi connectivity index (χ2v) is 7.53. The maximum atomic E-state index is 12.4. The average Bonchev–Trinajstić information content (AvgIpc) is 3.17. The Morgan fingerprint density at radius 2 is 2.00 bits per heavy atom. The summed E-state index contributed by atoms with van der Waals surface area (Å²) in [5, 5.41) is 15.1. The van der Waals surface area contributed by atoms with Crippen molar-refractivity contribution in [1.82, 2.24) is 5.32 Å². The molecule has 0 unspecified atom stereocenters. The fourth-order valence-corrected chi connectivity index (χ4v) is 4.36. The number of carboxylic acid groups (broad SMARTS) is 1. The monoisotopic (exact) mass is 376 g/mol. The predicted octanol–water partition coefficient (Wildman–Crippen LogP) is 4.03. The molecule has 0 radical (unpaired) electrons. The number of hydrogen-bond donors (Lipinski definition) is 3. The number of allylic oxidation sites excluding steroid dienone is 2. The van der Waals surface area contributed by atoms with Gasteiger partial charge in [-0.2, -0.15) is 0 Å². The van der Waals surface area contributed by atoms with E-state index in [1.165, 1.54) is 11.1 Å². The minimum absolute atomic E-state index is 0.0796. The van der Waals surface area contributed by atoms with E-state index >= 15 is 0 Å². The number of benzene rings is 2. The molecule has 1 aliphatic carbocycles. The zero-order chi connectivity index (χ0) is 19.7. The van der Waals surface area contributed by atoms with E-state index in [-0.39, 0.29) is 30.8 Å². The molecule has 3 N–H and O–H groups in total. The predicted molar refractivity (Wildman–Crippen MR) is 109 cm³/mol. The van der Waals surface area contributed by atoms with E-state index in [9.17, 15) is 9.59 Å². The smallest absolute Gasteiger partial charge is 0.305 e. The molecule has 3 atom stereocenters. The number of fused-ring (bicyclic) bond motifs is 3. The van der Waals surface area contributed by atoms with Crippen LogP contribution in [0.15, 0.2) is 54.6 Å². The Hall–Kier alpha value is -3.08. The van der Waals surface area contributed by atoms with Gasteiger partial charge in [-0.05, 0) is 54.2 Å². The van der Waals surface area contributed by atoms with Gasteiger partial charge in [-0.15, -0.1) is 0 Å². The van der Waals surface area contributed by atoms with Crippen LogP contribution in [0.3, 0.4) is 0 Å². The van der Waals surface area contributed by atoms with Crippen molar-refractivity contribution < 1.29 is 14.7 Å². The second-order valence-electron chi connectivity index (χ2n) is 7.53. The van der Waals surface area contributed by atoms with E-state index < -0.39 is 5.97 Å². The van der Waals surface area contributed by atoms with Crippen molar-refractivity contribution in [2.45, 2.75) is 31.7 Å². The van der Waals surface area contributed by atoms with Crippen LogP contribution in [-0.2, 0) is 4.79 Å². The number of carboxylic acids is 1. The van der Waals surface area contributed by atoms with Gasteiger partial charge in [0.2, 0.25) is 0 Å². The van der Waals surface area contributed by atoms with Gasteiger partial charge >= 0.3 is 5.97 Å². The summed E-state index contributed by atoms with van der Waals surface area (Å²) in [6.07, 6.45) is 5.41. The van der Waals surface area contributed by atoms with Crippen LogP contribution in [0.1, 0.15) is 51.8 Å². The highest BCUT2D eigenvalue weighted by Crippen LogP contribution is 2.50. The Bertz CT molecular complexity index is 951. The lowest BCUT2D eigenvalue weighted by Gasteiger charge is -2.38. The molecule has 28 heavy (non-hydrogen) atoms. The van der Waals surface area contributed by atoms with Crippen LogP contribution in [0.4, 0.5) is 5.69 Å². The third kappa shape index (κ3) is 3.40. The van der Waals surface area contributed by atoms with E-state index in [4.69, 9.17) is 5.11 Å². The van der Waals surface area contributed by atoms with Gasteiger partial charge < -0.3 is 15.7 Å². The maximum Gasteiger partial charge on any atom is 0.305 e. The Labute approximate surface area is 164 Å². The van der Waals surface area contributed by atoms with Gasteiger partial charge in [0.1, 0.15) is 0 Å². The SMILES string of the molecule is Cc1ccccc1[C@H]1Nc2ccc(C(=O)NCCC(=O)O)cc2[C@H]2C=CC[C@H]21. The first-order valence-corrected chi connectivity index (χ1v) is 9.67. The van der Waals surface area contributed by atoms with Gasteiger partial charge in [-0.3, -0.25) is 9.59 Å². The van der Waals surface area contributed by atoms with Crippen LogP contribution in [0, 0.1) is 12.8 Å². The maximum absolute atomic E-state index is 12.4. The molecular formula is C23H24N2O3. The molecule has 1 aliphatic heterocycles. The van der Waals surface area contributed by atoms with Crippen molar-refractivity contribution in [3.05, 3.63) is 76.9 Å². The zero-order valence-electron chi connectivity index (χ0n) is 15.8. The average molecular weight is 376 g/mol. The molecular weight excluding hydrogens is 352 g/mol. The number of hydrogen-bond acceptors (Lipinski definition) is 3. The fraction of sp³-hybridized carbons (Fsp3) is 0.304. The summed E-state index contributed by atoms with van der Waals surface area (Å²) < 4.78 is 0. The molecule has 0 bridgehead atoms. The largest absolute Gasteiger partial charge is 0.481 e. The van der Waals surface area contributed by atoms with E-state index in [0.29, 0.717) is 11.5 Å². The van der Waals surface area contributed by atoms with E-state index in [2.05, 4.69) is 54.0 Å². The molecule has 144 valence electrons. The summed E-state index contributed by atoms with van der Waals surface area (Å²) in [6, 6.07) is 14.4. The normalized spacial score (nSPS) is 22.1. The minimum Gasteiger partial charge on any atom is -0.481 e. The summed E-state index contributed by atoms with van der Waals surface area (Å²) in [5.74, 6) is -0.466. The highest BCUT2D eigenvalue weighted by molar-refractivity contribution is 5.95. The number of anilines is 1. The lowest BCUT2D eigenvalue weighted by molar-refractivity contribution is -0.136. The molecule has 5 nitrogen and oxygen atoms in total. The molecule has 5 heteroatoms. The fourth-order valence-electron chi connectivity index (χ4n) is 4.36. The van der Waals surface area contributed by atoms with Crippen molar-refractivity contribution in [2.24, 2.45) is 5.92 Å². The second kappa shape index (κ2) is 7.50. The summed E-state index contributed by atoms with van der Waals surface area (Å²) >= 11 is 0. The van der Waals surface area contributed by atoms with E-state index in [1.807, 2.05) is 12.1 Å². The number of amides is 1. The standard InChI is InChI=1S/C23H24N2O3/c1-14-5-2-3-6-16(14)22-18-8-4-7-17(18)19-13-15(9-10-20(19)25-22)23(28)24-12-11-21(26)27/h2-7,9-10,13,17-18,22,25H,8,11-12H2,1H3,(H,24,28)(H,26,27)/t17-,18+,22+/m0/s1. The first-order chi connectivity index (χ1) is 13.5. The highest BCUT2D eigenvalue weighted by atomic mass is 16.4. The van der Waals surface area contributed by atoms with Crippen molar-refractivity contribution in [3.63, 3.8) is 0 Å². The third-order valence-corrected chi connectivity index (χ3v) is 5.77. The third-order valence-electron chi connectivity index (χ3n) is 5.77. The van der Waals surface area contributed by atoms with Crippen molar-refractivity contribution >= 4 is 17.6 Å². The molecule has 0 saturated heterocycles. The van der Waals surface area contributed by atoms with Crippen LogP contribution in [-0.4, -0.2) is 23.5 Å². The highest BCUT2D eigenvalue weighted by Gasteiger charge is 2.38.